The predicted molar refractivity (Wildman–Crippen MR) is 85.5 cm³/mol. The molecule has 124 valence electrons. The van der Waals surface area contributed by atoms with Gasteiger partial charge in [-0.2, -0.15) is 0 Å². The average Bonchev–Trinajstić information content (AvgIpc) is 2.54. The van der Waals surface area contributed by atoms with Gasteiger partial charge in [0.2, 0.25) is 0 Å². The molecule has 23 heavy (non-hydrogen) atoms. The molecule has 2 aromatic rings. The highest BCUT2D eigenvalue weighted by atomic mass is 79.9. The Morgan fingerprint density at radius 1 is 1.13 bits per heavy atom. The molecule has 0 aliphatic heterocycles. The Bertz CT molecular complexity index is 667. The van der Waals surface area contributed by atoms with Gasteiger partial charge in [0.05, 0.1) is 16.1 Å². The first-order valence-corrected chi connectivity index (χ1v) is 7.91. The van der Waals surface area contributed by atoms with Crippen LogP contribution in [0.2, 0.25) is 5.02 Å². The molecule has 0 radical (unpaired) electrons. The normalized spacial score (nSPS) is 13.7. The van der Waals surface area contributed by atoms with Crippen molar-refractivity contribution in [3.63, 3.8) is 0 Å². The highest BCUT2D eigenvalue weighted by molar-refractivity contribution is 9.10. The summed E-state index contributed by atoms with van der Waals surface area (Å²) < 4.78 is 46.0. The van der Waals surface area contributed by atoms with Crippen LogP contribution in [0, 0.1) is 11.6 Å². The maximum Gasteiger partial charge on any atom is 0.180 e. The van der Waals surface area contributed by atoms with Gasteiger partial charge in [0, 0.05) is 6.42 Å². The van der Waals surface area contributed by atoms with Gasteiger partial charge in [-0.1, -0.05) is 23.7 Å². The molecule has 0 heterocycles. The first-order chi connectivity index (χ1) is 10.9. The Morgan fingerprint density at radius 2 is 1.78 bits per heavy atom. The molecule has 0 aromatic heterocycles. The SMILES string of the molecule is OC(c1ccc(F)cc1)C(F)CCOc1c(Cl)ccc(Br)c1F. The van der Waals surface area contributed by atoms with E-state index in [1.165, 1.54) is 24.3 Å². The molecule has 2 nitrogen and oxygen atoms in total. The lowest BCUT2D eigenvalue weighted by molar-refractivity contribution is 0.0627. The van der Waals surface area contributed by atoms with Gasteiger partial charge >= 0.3 is 0 Å². The minimum Gasteiger partial charge on any atom is -0.489 e. The number of halogens is 5. The summed E-state index contributed by atoms with van der Waals surface area (Å²) in [4.78, 5) is 0. The van der Waals surface area contributed by atoms with Gasteiger partial charge in [0.1, 0.15) is 18.1 Å². The van der Waals surface area contributed by atoms with Crippen LogP contribution in [0.15, 0.2) is 40.9 Å². The zero-order valence-corrected chi connectivity index (χ0v) is 14.1. The maximum absolute atomic E-state index is 14.0. The molecule has 7 heteroatoms. The molecule has 0 aliphatic rings. The van der Waals surface area contributed by atoms with E-state index in [-0.39, 0.29) is 33.8 Å². The van der Waals surface area contributed by atoms with Gasteiger partial charge in [0.25, 0.3) is 0 Å². The largest absolute Gasteiger partial charge is 0.489 e. The maximum atomic E-state index is 14.0. The number of rotatable bonds is 6. The van der Waals surface area contributed by atoms with Crippen molar-refractivity contribution in [1.82, 2.24) is 0 Å². The molecule has 1 N–H and O–H groups in total. The minimum atomic E-state index is -1.64. The summed E-state index contributed by atoms with van der Waals surface area (Å²) in [7, 11) is 0. The zero-order chi connectivity index (χ0) is 17.0. The van der Waals surface area contributed by atoms with Crippen LogP contribution >= 0.6 is 27.5 Å². The van der Waals surface area contributed by atoms with Gasteiger partial charge in [0.15, 0.2) is 11.6 Å². The van der Waals surface area contributed by atoms with E-state index < -0.39 is 23.9 Å². The Hall–Kier alpha value is -1.24. The smallest absolute Gasteiger partial charge is 0.180 e. The molecule has 0 bridgehead atoms. The van der Waals surface area contributed by atoms with Gasteiger partial charge in [-0.05, 0) is 45.8 Å². The summed E-state index contributed by atoms with van der Waals surface area (Å²) in [6, 6.07) is 7.76. The first kappa shape index (κ1) is 18.1. The summed E-state index contributed by atoms with van der Waals surface area (Å²) in [6.07, 6.45) is -3.24. The van der Waals surface area contributed by atoms with Crippen LogP contribution in [0.1, 0.15) is 18.1 Å². The minimum absolute atomic E-state index is 0.0696. The van der Waals surface area contributed by atoms with Crippen molar-refractivity contribution in [1.29, 1.82) is 0 Å². The Morgan fingerprint density at radius 3 is 2.43 bits per heavy atom. The summed E-state index contributed by atoms with van der Waals surface area (Å²) in [6.45, 7) is -0.174. The average molecular weight is 410 g/mol. The third kappa shape index (κ3) is 4.62. The fraction of sp³-hybridized carbons (Fsp3) is 0.250. The monoisotopic (exact) mass is 408 g/mol. The van der Waals surface area contributed by atoms with Crippen molar-refractivity contribution in [2.24, 2.45) is 0 Å². The molecular formula is C16H13BrClF3O2. The molecule has 2 unspecified atom stereocenters. The lowest BCUT2D eigenvalue weighted by Gasteiger charge is -2.17. The van der Waals surface area contributed by atoms with Crippen LogP contribution in [-0.4, -0.2) is 17.9 Å². The molecule has 2 rings (SSSR count). The summed E-state index contributed by atoms with van der Waals surface area (Å²) in [5.41, 5.74) is 0.255. The van der Waals surface area contributed by atoms with Crippen LogP contribution in [0.5, 0.6) is 5.75 Å². The second-order valence-electron chi connectivity index (χ2n) is 4.82. The third-order valence-corrected chi connectivity index (χ3v) is 4.11. The van der Waals surface area contributed by atoms with Crippen molar-refractivity contribution in [2.45, 2.75) is 18.7 Å². The highest BCUT2D eigenvalue weighted by Gasteiger charge is 2.21. The lowest BCUT2D eigenvalue weighted by Crippen LogP contribution is -2.17. The molecular weight excluding hydrogens is 397 g/mol. The topological polar surface area (TPSA) is 29.5 Å². The second kappa shape index (κ2) is 8.04. The van der Waals surface area contributed by atoms with Crippen molar-refractivity contribution in [3.05, 3.63) is 63.1 Å². The van der Waals surface area contributed by atoms with E-state index in [1.807, 2.05) is 0 Å². The molecule has 0 aliphatic carbocycles. The number of aliphatic hydroxyl groups is 1. The summed E-state index contributed by atoms with van der Waals surface area (Å²) in [5, 5.41) is 9.94. The van der Waals surface area contributed by atoms with Crippen molar-refractivity contribution < 1.29 is 23.0 Å². The van der Waals surface area contributed by atoms with E-state index >= 15 is 0 Å². The molecule has 2 aromatic carbocycles. The Kier molecular flexibility index (Phi) is 6.33. The van der Waals surface area contributed by atoms with Crippen LogP contribution in [0.4, 0.5) is 13.2 Å². The molecule has 0 saturated carbocycles. The van der Waals surface area contributed by atoms with E-state index in [0.717, 1.165) is 12.1 Å². The van der Waals surface area contributed by atoms with Crippen molar-refractivity contribution in [2.75, 3.05) is 6.61 Å². The third-order valence-electron chi connectivity index (χ3n) is 3.20. The molecule has 0 saturated heterocycles. The van der Waals surface area contributed by atoms with Crippen molar-refractivity contribution >= 4 is 27.5 Å². The standard InChI is InChI=1S/C16H13BrClF3O2/c17-11-5-6-12(18)16(14(11)21)23-8-7-13(20)15(22)9-1-3-10(19)4-2-9/h1-6,13,15,22H,7-8H2. The number of hydrogen-bond acceptors (Lipinski definition) is 2. The zero-order valence-electron chi connectivity index (χ0n) is 11.8. The van der Waals surface area contributed by atoms with E-state index in [1.54, 1.807) is 0 Å². The van der Waals surface area contributed by atoms with Gasteiger partial charge in [-0.3, -0.25) is 0 Å². The molecule has 0 spiro atoms. The van der Waals surface area contributed by atoms with Crippen LogP contribution in [0.25, 0.3) is 0 Å². The number of hydrogen-bond donors (Lipinski definition) is 1. The Balaban J connectivity index is 1.93. The first-order valence-electron chi connectivity index (χ1n) is 6.74. The molecule has 0 fully saturated rings. The lowest BCUT2D eigenvalue weighted by atomic mass is 10.0. The van der Waals surface area contributed by atoms with Crippen LogP contribution in [0.3, 0.4) is 0 Å². The molecule has 0 amide bonds. The van der Waals surface area contributed by atoms with E-state index in [4.69, 9.17) is 16.3 Å². The van der Waals surface area contributed by atoms with Gasteiger partial charge < -0.3 is 9.84 Å². The quantitative estimate of drug-likeness (QED) is 0.663. The van der Waals surface area contributed by atoms with Gasteiger partial charge in [-0.25, -0.2) is 13.2 Å². The Labute approximate surface area is 145 Å². The van der Waals surface area contributed by atoms with Crippen LogP contribution < -0.4 is 4.74 Å². The van der Waals surface area contributed by atoms with Crippen LogP contribution in [-0.2, 0) is 0 Å². The highest BCUT2D eigenvalue weighted by Crippen LogP contribution is 2.33. The molecule has 2 atom stereocenters. The fourth-order valence-corrected chi connectivity index (χ4v) is 2.45. The van der Waals surface area contributed by atoms with E-state index in [0.29, 0.717) is 0 Å². The second-order valence-corrected chi connectivity index (χ2v) is 6.08. The predicted octanol–water partition coefficient (Wildman–Crippen LogP) is 5.22. The van der Waals surface area contributed by atoms with Crippen molar-refractivity contribution in [3.8, 4) is 5.75 Å². The van der Waals surface area contributed by atoms with E-state index in [2.05, 4.69) is 15.9 Å². The number of ether oxygens (including phenoxy) is 1. The number of alkyl halides is 1. The fourth-order valence-electron chi connectivity index (χ4n) is 1.94. The summed E-state index contributed by atoms with van der Waals surface area (Å²) in [5.74, 6) is -1.32. The van der Waals surface area contributed by atoms with Gasteiger partial charge in [-0.15, -0.1) is 0 Å². The number of aliphatic hydroxyl groups excluding tert-OH is 1. The number of benzene rings is 2. The summed E-state index contributed by atoms with van der Waals surface area (Å²) >= 11 is 8.83. The van der Waals surface area contributed by atoms with E-state index in [9.17, 15) is 18.3 Å².